The largest absolute Gasteiger partial charge is 0.382 e. The Kier molecular flexibility index (Phi) is 5.41. The van der Waals surface area contributed by atoms with Gasteiger partial charge in [0.1, 0.15) is 6.61 Å². The number of carbonyl (C=O) groups excluding carboxylic acids is 1. The van der Waals surface area contributed by atoms with E-state index in [0.717, 1.165) is 13.0 Å². The van der Waals surface area contributed by atoms with Gasteiger partial charge >= 0.3 is 0 Å². The highest BCUT2D eigenvalue weighted by molar-refractivity contribution is 5.77. The molecule has 2 aliphatic rings. The number of ether oxygens (including phenoxy) is 2. The van der Waals surface area contributed by atoms with E-state index in [1.54, 1.807) is 7.11 Å². The molecule has 18 heavy (non-hydrogen) atoms. The second kappa shape index (κ2) is 7.07. The van der Waals surface area contributed by atoms with Crippen molar-refractivity contribution in [2.45, 2.75) is 37.8 Å². The minimum absolute atomic E-state index is 0.00327. The summed E-state index contributed by atoms with van der Waals surface area (Å²) in [6.07, 6.45) is 4.89. The van der Waals surface area contributed by atoms with E-state index in [0.29, 0.717) is 25.3 Å². The van der Waals surface area contributed by atoms with Gasteiger partial charge in [0.25, 0.3) is 0 Å². The lowest BCUT2D eigenvalue weighted by molar-refractivity contribution is -0.127. The highest BCUT2D eigenvalue weighted by Crippen LogP contribution is 2.26. The maximum atomic E-state index is 11.7. The van der Waals surface area contributed by atoms with Crippen molar-refractivity contribution in [2.24, 2.45) is 0 Å². The molecular weight excluding hydrogens is 232 g/mol. The SMILES string of the molecule is COCCOCC(=O)NC1CCN2CCCCC12. The lowest BCUT2D eigenvalue weighted by atomic mass is 9.99. The van der Waals surface area contributed by atoms with Crippen LogP contribution in [0, 0.1) is 0 Å². The Balaban J connectivity index is 1.67. The standard InChI is InChI=1S/C13H24N2O3/c1-17-8-9-18-10-13(16)14-11-5-7-15-6-3-2-4-12(11)15/h11-12H,2-10H2,1H3,(H,14,16). The van der Waals surface area contributed by atoms with Crippen LogP contribution in [0.4, 0.5) is 0 Å². The van der Waals surface area contributed by atoms with Crippen LogP contribution in [-0.4, -0.2) is 62.9 Å². The van der Waals surface area contributed by atoms with Gasteiger partial charge in [0.2, 0.25) is 5.91 Å². The Labute approximate surface area is 109 Å². The van der Waals surface area contributed by atoms with Gasteiger partial charge in [0.15, 0.2) is 0 Å². The number of hydrogen-bond acceptors (Lipinski definition) is 4. The first-order valence-corrected chi connectivity index (χ1v) is 6.91. The van der Waals surface area contributed by atoms with E-state index >= 15 is 0 Å². The number of hydrogen-bond donors (Lipinski definition) is 1. The summed E-state index contributed by atoms with van der Waals surface area (Å²) >= 11 is 0. The summed E-state index contributed by atoms with van der Waals surface area (Å²) in [6.45, 7) is 3.48. The number of fused-ring (bicyclic) bond motifs is 1. The molecular formula is C13H24N2O3. The monoisotopic (exact) mass is 256 g/mol. The van der Waals surface area contributed by atoms with Gasteiger partial charge in [0.05, 0.1) is 13.2 Å². The Morgan fingerprint density at radius 1 is 1.28 bits per heavy atom. The number of rotatable bonds is 6. The average molecular weight is 256 g/mol. The van der Waals surface area contributed by atoms with Crippen molar-refractivity contribution in [3.05, 3.63) is 0 Å². The predicted molar refractivity (Wildman–Crippen MR) is 68.5 cm³/mol. The van der Waals surface area contributed by atoms with Crippen LogP contribution < -0.4 is 5.32 Å². The molecule has 5 nitrogen and oxygen atoms in total. The van der Waals surface area contributed by atoms with Crippen LogP contribution in [0.15, 0.2) is 0 Å². The molecule has 2 rings (SSSR count). The predicted octanol–water partition coefficient (Wildman–Crippen LogP) is 0.392. The van der Waals surface area contributed by atoms with Crippen LogP contribution in [-0.2, 0) is 14.3 Å². The lowest BCUT2D eigenvalue weighted by Gasteiger charge is -2.32. The van der Waals surface area contributed by atoms with Gasteiger partial charge in [-0.3, -0.25) is 9.69 Å². The van der Waals surface area contributed by atoms with Gasteiger partial charge in [-0.15, -0.1) is 0 Å². The first-order valence-electron chi connectivity index (χ1n) is 6.91. The first kappa shape index (κ1) is 13.8. The molecule has 2 fully saturated rings. The molecule has 2 unspecified atom stereocenters. The van der Waals surface area contributed by atoms with Gasteiger partial charge in [-0.2, -0.15) is 0 Å². The molecule has 104 valence electrons. The summed E-state index contributed by atoms with van der Waals surface area (Å²) in [5.41, 5.74) is 0. The minimum Gasteiger partial charge on any atom is -0.382 e. The number of carbonyl (C=O) groups is 1. The van der Waals surface area contributed by atoms with Crippen molar-refractivity contribution in [2.75, 3.05) is 40.0 Å². The van der Waals surface area contributed by atoms with E-state index in [-0.39, 0.29) is 12.5 Å². The smallest absolute Gasteiger partial charge is 0.246 e. The quantitative estimate of drug-likeness (QED) is 0.699. The zero-order chi connectivity index (χ0) is 12.8. The van der Waals surface area contributed by atoms with E-state index < -0.39 is 0 Å². The normalized spacial score (nSPS) is 28.1. The Bertz CT molecular complexity index is 273. The molecule has 2 saturated heterocycles. The summed E-state index contributed by atoms with van der Waals surface area (Å²) in [5, 5.41) is 3.11. The average Bonchev–Trinajstić information content (AvgIpc) is 2.78. The van der Waals surface area contributed by atoms with E-state index in [9.17, 15) is 4.79 Å². The zero-order valence-corrected chi connectivity index (χ0v) is 11.2. The van der Waals surface area contributed by atoms with Crippen LogP contribution in [0.2, 0.25) is 0 Å². The van der Waals surface area contributed by atoms with Gasteiger partial charge in [-0.1, -0.05) is 6.42 Å². The first-order chi connectivity index (χ1) is 8.81. The number of nitrogens with one attached hydrogen (secondary N) is 1. The number of piperidine rings is 1. The summed E-state index contributed by atoms with van der Waals surface area (Å²) in [6, 6.07) is 0.880. The molecule has 0 aromatic rings. The van der Waals surface area contributed by atoms with Gasteiger partial charge in [0, 0.05) is 25.7 Å². The Morgan fingerprint density at radius 3 is 3.00 bits per heavy atom. The molecule has 0 aliphatic carbocycles. The van der Waals surface area contributed by atoms with Crippen LogP contribution in [0.25, 0.3) is 0 Å². The van der Waals surface area contributed by atoms with Gasteiger partial charge in [-0.05, 0) is 25.8 Å². The summed E-state index contributed by atoms with van der Waals surface area (Å²) in [4.78, 5) is 14.3. The zero-order valence-electron chi connectivity index (χ0n) is 11.2. The molecule has 2 aliphatic heterocycles. The number of methoxy groups -OCH3 is 1. The van der Waals surface area contributed by atoms with Crippen LogP contribution in [0.5, 0.6) is 0 Å². The maximum absolute atomic E-state index is 11.7. The topological polar surface area (TPSA) is 50.8 Å². The molecule has 5 heteroatoms. The fourth-order valence-electron chi connectivity index (χ4n) is 2.97. The molecule has 1 N–H and O–H groups in total. The van der Waals surface area contributed by atoms with Crippen LogP contribution >= 0.6 is 0 Å². The van der Waals surface area contributed by atoms with E-state index in [1.165, 1.54) is 25.8 Å². The molecule has 2 heterocycles. The van der Waals surface area contributed by atoms with Crippen LogP contribution in [0.1, 0.15) is 25.7 Å². The molecule has 1 amide bonds. The Morgan fingerprint density at radius 2 is 2.17 bits per heavy atom. The number of nitrogens with zero attached hydrogens (tertiary/aromatic N) is 1. The van der Waals surface area contributed by atoms with Crippen molar-refractivity contribution in [1.82, 2.24) is 10.2 Å². The van der Waals surface area contributed by atoms with E-state index in [1.807, 2.05) is 0 Å². The van der Waals surface area contributed by atoms with Crippen molar-refractivity contribution >= 4 is 5.91 Å². The van der Waals surface area contributed by atoms with Crippen molar-refractivity contribution in [3.8, 4) is 0 Å². The molecule has 0 spiro atoms. The van der Waals surface area contributed by atoms with Crippen molar-refractivity contribution in [3.63, 3.8) is 0 Å². The van der Waals surface area contributed by atoms with E-state index in [4.69, 9.17) is 9.47 Å². The third kappa shape index (κ3) is 3.67. The van der Waals surface area contributed by atoms with Gasteiger partial charge < -0.3 is 14.8 Å². The maximum Gasteiger partial charge on any atom is 0.246 e. The molecule has 0 radical (unpaired) electrons. The highest BCUT2D eigenvalue weighted by atomic mass is 16.5. The minimum atomic E-state index is 0.00327. The second-order valence-corrected chi connectivity index (χ2v) is 5.11. The summed E-state index contributed by atoms with van der Waals surface area (Å²) in [5.74, 6) is 0.00327. The molecule has 0 saturated carbocycles. The van der Waals surface area contributed by atoms with Crippen LogP contribution in [0.3, 0.4) is 0 Å². The molecule has 0 aromatic heterocycles. The fraction of sp³-hybridized carbons (Fsp3) is 0.923. The molecule has 0 bridgehead atoms. The van der Waals surface area contributed by atoms with Gasteiger partial charge in [-0.25, -0.2) is 0 Å². The fourth-order valence-corrected chi connectivity index (χ4v) is 2.97. The van der Waals surface area contributed by atoms with E-state index in [2.05, 4.69) is 10.2 Å². The Hall–Kier alpha value is -0.650. The third-order valence-corrected chi connectivity index (χ3v) is 3.87. The lowest BCUT2D eigenvalue weighted by Crippen LogP contribution is -2.47. The van der Waals surface area contributed by atoms with Crippen molar-refractivity contribution in [1.29, 1.82) is 0 Å². The summed E-state index contributed by atoms with van der Waals surface area (Å²) < 4.78 is 10.1. The molecule has 2 atom stereocenters. The summed E-state index contributed by atoms with van der Waals surface area (Å²) in [7, 11) is 1.62. The highest BCUT2D eigenvalue weighted by Gasteiger charge is 2.35. The molecule has 0 aromatic carbocycles. The van der Waals surface area contributed by atoms with Crippen molar-refractivity contribution < 1.29 is 14.3 Å². The second-order valence-electron chi connectivity index (χ2n) is 5.11. The number of amides is 1. The third-order valence-electron chi connectivity index (χ3n) is 3.87.